The second-order valence-electron chi connectivity index (χ2n) is 9.44. The molecule has 0 unspecified atom stereocenters. The Morgan fingerprint density at radius 3 is 2.73 bits per heavy atom. The molecule has 4 aromatic rings. The average molecular weight is 447 g/mol. The van der Waals surface area contributed by atoms with Crippen LogP contribution in [-0.2, 0) is 16.7 Å². The van der Waals surface area contributed by atoms with E-state index < -0.39 is 0 Å². The molecule has 1 aromatic carbocycles. The van der Waals surface area contributed by atoms with Crippen molar-refractivity contribution < 1.29 is 14.1 Å². The summed E-state index contributed by atoms with van der Waals surface area (Å²) in [5.41, 5.74) is 5.79. The number of carbonyl (C=O) groups is 1. The van der Waals surface area contributed by atoms with Gasteiger partial charge in [0, 0.05) is 29.6 Å². The molecular weight excluding hydrogens is 420 g/mol. The van der Waals surface area contributed by atoms with E-state index >= 15 is 0 Å². The number of hydrogen-bond donors (Lipinski definition) is 1. The third-order valence-electron chi connectivity index (χ3n) is 5.86. The first-order chi connectivity index (χ1) is 15.8. The molecule has 1 amide bonds. The van der Waals surface area contributed by atoms with Gasteiger partial charge in [0.15, 0.2) is 0 Å². The van der Waals surface area contributed by atoms with E-state index in [-0.39, 0.29) is 17.1 Å². The minimum Gasteiger partial charge on any atom is -0.380 e. The zero-order valence-corrected chi connectivity index (χ0v) is 19.1. The van der Waals surface area contributed by atoms with Gasteiger partial charge >= 0.3 is 0 Å². The van der Waals surface area contributed by atoms with E-state index in [1.54, 1.807) is 6.33 Å². The third kappa shape index (κ3) is 4.11. The maximum absolute atomic E-state index is 12.5. The van der Waals surface area contributed by atoms with E-state index in [1.807, 2.05) is 50.5 Å². The fourth-order valence-electron chi connectivity index (χ4n) is 3.74. The van der Waals surface area contributed by atoms with E-state index in [2.05, 4.69) is 37.7 Å². The van der Waals surface area contributed by atoms with Crippen molar-refractivity contribution in [2.24, 2.45) is 0 Å². The molecule has 1 N–H and O–H groups in total. The molecule has 9 nitrogen and oxygen atoms in total. The van der Waals surface area contributed by atoms with Crippen molar-refractivity contribution in [2.45, 2.75) is 45.6 Å². The summed E-state index contributed by atoms with van der Waals surface area (Å²) in [4.78, 5) is 21.2. The highest BCUT2D eigenvalue weighted by Crippen LogP contribution is 2.30. The molecule has 0 spiro atoms. The third-order valence-corrected chi connectivity index (χ3v) is 5.86. The predicted molar refractivity (Wildman–Crippen MR) is 121 cm³/mol. The van der Waals surface area contributed by atoms with Gasteiger partial charge in [0.2, 0.25) is 5.89 Å². The molecule has 4 heterocycles. The Kier molecular flexibility index (Phi) is 5.20. The Morgan fingerprint density at radius 1 is 1.24 bits per heavy atom. The Bertz CT molecular complexity index is 1330. The number of nitrogens with one attached hydrogen (secondary N) is 1. The number of aromatic nitrogens is 5. The average Bonchev–Trinajstić information content (AvgIpc) is 3.38. The van der Waals surface area contributed by atoms with Gasteiger partial charge < -0.3 is 14.6 Å². The van der Waals surface area contributed by atoms with Gasteiger partial charge in [-0.1, -0.05) is 38.1 Å². The maximum atomic E-state index is 12.5. The Morgan fingerprint density at radius 2 is 2.06 bits per heavy atom. The lowest BCUT2D eigenvalue weighted by Gasteiger charge is -2.24. The summed E-state index contributed by atoms with van der Waals surface area (Å²) < 4.78 is 12.4. The van der Waals surface area contributed by atoms with Gasteiger partial charge in [-0.3, -0.25) is 4.79 Å². The Hall–Kier alpha value is -3.59. The standard InChI is InChI=1S/C24H26N6O3/c1-14-7-15(20-19-8-17(18-11-32-12-18)10-30(19)27-13-26-20)5-6-16(14)9-25-22(31)21-28-23(33-29-21)24(2,3)4/h5-8,10,13,18H,9,11-12H2,1-4H3,(H,25,31). The number of ether oxygens (including phenoxy) is 1. The molecule has 1 aliphatic heterocycles. The number of rotatable bonds is 5. The van der Waals surface area contributed by atoms with Gasteiger partial charge in [0.1, 0.15) is 6.33 Å². The quantitative estimate of drug-likeness (QED) is 0.500. The molecule has 0 aliphatic carbocycles. The van der Waals surface area contributed by atoms with Gasteiger partial charge in [0.05, 0.1) is 24.4 Å². The Labute approximate surface area is 191 Å². The summed E-state index contributed by atoms with van der Waals surface area (Å²) in [7, 11) is 0. The number of hydrogen-bond acceptors (Lipinski definition) is 7. The first-order valence-electron chi connectivity index (χ1n) is 10.9. The minimum absolute atomic E-state index is 0.0403. The maximum Gasteiger partial charge on any atom is 0.292 e. The van der Waals surface area contributed by atoms with E-state index in [9.17, 15) is 4.79 Å². The monoisotopic (exact) mass is 446 g/mol. The molecule has 0 atom stereocenters. The van der Waals surface area contributed by atoms with Crippen LogP contribution in [0.15, 0.2) is 41.3 Å². The van der Waals surface area contributed by atoms with Crippen LogP contribution in [-0.4, -0.2) is 43.9 Å². The highest BCUT2D eigenvalue weighted by molar-refractivity contribution is 5.90. The normalized spacial score (nSPS) is 14.4. The van der Waals surface area contributed by atoms with Gasteiger partial charge in [-0.15, -0.1) is 0 Å². The molecule has 0 saturated carbocycles. The van der Waals surface area contributed by atoms with Crippen LogP contribution in [0.3, 0.4) is 0 Å². The molecule has 3 aromatic heterocycles. The molecule has 0 bridgehead atoms. The van der Waals surface area contributed by atoms with Gasteiger partial charge in [0.25, 0.3) is 11.7 Å². The van der Waals surface area contributed by atoms with E-state index in [0.717, 1.165) is 41.1 Å². The lowest BCUT2D eigenvalue weighted by Crippen LogP contribution is -2.24. The van der Waals surface area contributed by atoms with Gasteiger partial charge in [-0.25, -0.2) is 9.50 Å². The molecule has 33 heavy (non-hydrogen) atoms. The van der Waals surface area contributed by atoms with Crippen molar-refractivity contribution in [2.75, 3.05) is 13.2 Å². The topological polar surface area (TPSA) is 107 Å². The van der Waals surface area contributed by atoms with Crippen LogP contribution in [0.4, 0.5) is 0 Å². The smallest absolute Gasteiger partial charge is 0.292 e. The van der Waals surface area contributed by atoms with Crippen molar-refractivity contribution in [1.82, 2.24) is 30.1 Å². The highest BCUT2D eigenvalue weighted by Gasteiger charge is 2.25. The molecule has 1 aliphatic rings. The molecular formula is C24H26N6O3. The van der Waals surface area contributed by atoms with Crippen LogP contribution in [0.1, 0.15) is 59.9 Å². The van der Waals surface area contributed by atoms with Crippen LogP contribution < -0.4 is 5.32 Å². The number of carbonyl (C=O) groups excluding carboxylic acids is 1. The second-order valence-corrected chi connectivity index (χ2v) is 9.44. The van der Waals surface area contributed by atoms with Crippen molar-refractivity contribution >= 4 is 11.4 Å². The van der Waals surface area contributed by atoms with Crippen LogP contribution in [0.2, 0.25) is 0 Å². The van der Waals surface area contributed by atoms with E-state index in [4.69, 9.17) is 9.26 Å². The number of aryl methyl sites for hydroxylation is 1. The van der Waals surface area contributed by atoms with Crippen molar-refractivity contribution in [3.8, 4) is 11.3 Å². The van der Waals surface area contributed by atoms with Crippen LogP contribution in [0, 0.1) is 6.92 Å². The largest absolute Gasteiger partial charge is 0.380 e. The summed E-state index contributed by atoms with van der Waals surface area (Å²) in [6, 6.07) is 8.24. The molecule has 0 radical (unpaired) electrons. The number of nitrogens with zero attached hydrogens (tertiary/aromatic N) is 5. The van der Waals surface area contributed by atoms with Gasteiger partial charge in [-0.2, -0.15) is 10.1 Å². The molecule has 1 fully saturated rings. The summed E-state index contributed by atoms with van der Waals surface area (Å²) in [6.07, 6.45) is 3.62. The summed E-state index contributed by atoms with van der Waals surface area (Å²) in [5, 5.41) is 11.0. The summed E-state index contributed by atoms with van der Waals surface area (Å²) in [6.45, 7) is 9.74. The highest BCUT2D eigenvalue weighted by atomic mass is 16.5. The first-order valence-corrected chi connectivity index (χ1v) is 10.9. The number of benzene rings is 1. The summed E-state index contributed by atoms with van der Waals surface area (Å²) in [5.74, 6) is 0.531. The lowest BCUT2D eigenvalue weighted by atomic mass is 9.97. The van der Waals surface area contributed by atoms with E-state index in [1.165, 1.54) is 5.56 Å². The molecule has 5 rings (SSSR count). The van der Waals surface area contributed by atoms with Crippen molar-refractivity contribution in [1.29, 1.82) is 0 Å². The lowest BCUT2D eigenvalue weighted by molar-refractivity contribution is 0.00845. The van der Waals surface area contributed by atoms with Gasteiger partial charge in [-0.05, 0) is 35.7 Å². The fraction of sp³-hybridized carbons (Fsp3) is 0.375. The molecule has 1 saturated heterocycles. The minimum atomic E-state index is -0.365. The zero-order valence-electron chi connectivity index (χ0n) is 19.1. The number of amides is 1. The van der Waals surface area contributed by atoms with Crippen LogP contribution in [0.5, 0.6) is 0 Å². The van der Waals surface area contributed by atoms with Crippen LogP contribution >= 0.6 is 0 Å². The molecule has 170 valence electrons. The van der Waals surface area contributed by atoms with Crippen LogP contribution in [0.25, 0.3) is 16.8 Å². The van der Waals surface area contributed by atoms with E-state index in [0.29, 0.717) is 18.4 Å². The predicted octanol–water partition coefficient (Wildman–Crippen LogP) is 3.43. The molecule has 9 heteroatoms. The Balaban J connectivity index is 1.33. The first kappa shape index (κ1) is 21.3. The SMILES string of the molecule is Cc1cc(-c2ncnn3cc(C4COC4)cc23)ccc1CNC(=O)c1noc(C(C)(C)C)n1. The second kappa shape index (κ2) is 8.08. The van der Waals surface area contributed by atoms with Crippen molar-refractivity contribution in [3.05, 3.63) is 65.2 Å². The van der Waals surface area contributed by atoms with Crippen molar-refractivity contribution in [3.63, 3.8) is 0 Å². The summed E-state index contributed by atoms with van der Waals surface area (Å²) >= 11 is 0. The fourth-order valence-corrected chi connectivity index (χ4v) is 3.74. The number of fused-ring (bicyclic) bond motifs is 1. The zero-order chi connectivity index (χ0) is 23.2.